The van der Waals surface area contributed by atoms with Crippen LogP contribution in [0.1, 0.15) is 6.42 Å². The van der Waals surface area contributed by atoms with Gasteiger partial charge in [-0.25, -0.2) is 0 Å². The molecule has 1 amide bonds. The normalized spacial score (nSPS) is 22.6. The highest BCUT2D eigenvalue weighted by Gasteiger charge is 2.21. The van der Waals surface area contributed by atoms with Gasteiger partial charge in [0, 0.05) is 13.1 Å². The van der Waals surface area contributed by atoms with Crippen molar-refractivity contribution >= 4 is 5.91 Å². The van der Waals surface area contributed by atoms with Crippen LogP contribution >= 0.6 is 0 Å². The standard InChI is InChI=1S/C9H14N2O2/c1-2-4-10-9(13)7-11-5-3-8(12)6-11/h1,8,12H,3-7H2,(H,10,13)/t8-/m1/s1. The van der Waals surface area contributed by atoms with E-state index in [1.807, 2.05) is 4.90 Å². The minimum Gasteiger partial charge on any atom is -0.392 e. The van der Waals surface area contributed by atoms with Crippen molar-refractivity contribution < 1.29 is 9.90 Å². The van der Waals surface area contributed by atoms with Crippen LogP contribution in [0.5, 0.6) is 0 Å². The second kappa shape index (κ2) is 4.85. The van der Waals surface area contributed by atoms with Crippen LogP contribution in [0, 0.1) is 12.3 Å². The Hall–Kier alpha value is -1.05. The van der Waals surface area contributed by atoms with Crippen molar-refractivity contribution in [3.63, 3.8) is 0 Å². The molecule has 1 heterocycles. The number of carbonyl (C=O) groups excluding carboxylic acids is 1. The van der Waals surface area contributed by atoms with Gasteiger partial charge < -0.3 is 10.4 Å². The molecule has 0 aromatic heterocycles. The smallest absolute Gasteiger partial charge is 0.234 e. The van der Waals surface area contributed by atoms with Crippen molar-refractivity contribution in [2.45, 2.75) is 12.5 Å². The van der Waals surface area contributed by atoms with E-state index < -0.39 is 0 Å². The van der Waals surface area contributed by atoms with Gasteiger partial charge in [0.1, 0.15) is 0 Å². The Bertz CT molecular complexity index is 222. The summed E-state index contributed by atoms with van der Waals surface area (Å²) in [6.45, 7) is 1.97. The minimum absolute atomic E-state index is 0.0768. The number of aliphatic hydroxyl groups is 1. The summed E-state index contributed by atoms with van der Waals surface area (Å²) < 4.78 is 0. The van der Waals surface area contributed by atoms with Gasteiger partial charge in [0.15, 0.2) is 0 Å². The van der Waals surface area contributed by atoms with Crippen LogP contribution in [-0.4, -0.2) is 48.2 Å². The average Bonchev–Trinajstić information content (AvgIpc) is 2.48. The summed E-state index contributed by atoms with van der Waals surface area (Å²) in [7, 11) is 0. The summed E-state index contributed by atoms with van der Waals surface area (Å²) >= 11 is 0. The Kier molecular flexibility index (Phi) is 3.74. The fourth-order valence-corrected chi connectivity index (χ4v) is 1.36. The zero-order valence-corrected chi connectivity index (χ0v) is 7.49. The molecular weight excluding hydrogens is 168 g/mol. The quantitative estimate of drug-likeness (QED) is 0.539. The molecule has 1 aliphatic heterocycles. The summed E-state index contributed by atoms with van der Waals surface area (Å²) in [5.41, 5.74) is 0. The van der Waals surface area contributed by atoms with Crippen molar-refractivity contribution in [1.29, 1.82) is 0 Å². The first-order chi connectivity index (χ1) is 6.22. The first kappa shape index (κ1) is 10.0. The summed E-state index contributed by atoms with van der Waals surface area (Å²) in [4.78, 5) is 13.0. The van der Waals surface area contributed by atoms with Gasteiger partial charge in [0.05, 0.1) is 19.2 Å². The topological polar surface area (TPSA) is 52.6 Å². The van der Waals surface area contributed by atoms with E-state index in [-0.39, 0.29) is 18.6 Å². The van der Waals surface area contributed by atoms with Crippen molar-refractivity contribution in [3.8, 4) is 12.3 Å². The molecule has 0 aromatic carbocycles. The summed E-state index contributed by atoms with van der Waals surface area (Å²) in [6, 6.07) is 0. The van der Waals surface area contributed by atoms with Crippen LogP contribution in [0.4, 0.5) is 0 Å². The highest BCUT2D eigenvalue weighted by Crippen LogP contribution is 2.07. The van der Waals surface area contributed by atoms with E-state index in [4.69, 9.17) is 6.42 Å². The Morgan fingerprint density at radius 3 is 3.08 bits per heavy atom. The van der Waals surface area contributed by atoms with Gasteiger partial charge in [-0.05, 0) is 6.42 Å². The molecule has 1 atom stereocenters. The molecule has 0 bridgehead atoms. The lowest BCUT2D eigenvalue weighted by Gasteiger charge is -2.13. The number of amides is 1. The number of aliphatic hydroxyl groups excluding tert-OH is 1. The number of terminal acetylenes is 1. The number of β-amino-alcohol motifs (C(OH)–C–C–N with tert-alkyl or cyclic N) is 1. The van der Waals surface area contributed by atoms with Crippen LogP contribution in [0.3, 0.4) is 0 Å². The van der Waals surface area contributed by atoms with E-state index in [2.05, 4.69) is 11.2 Å². The third kappa shape index (κ3) is 3.45. The van der Waals surface area contributed by atoms with Crippen molar-refractivity contribution in [2.75, 3.05) is 26.2 Å². The van der Waals surface area contributed by atoms with E-state index in [1.165, 1.54) is 0 Å². The van der Waals surface area contributed by atoms with Crippen molar-refractivity contribution in [3.05, 3.63) is 0 Å². The molecule has 0 radical (unpaired) electrons. The molecule has 1 saturated heterocycles. The van der Waals surface area contributed by atoms with Gasteiger partial charge in [0.25, 0.3) is 0 Å². The molecule has 2 N–H and O–H groups in total. The molecule has 72 valence electrons. The zero-order chi connectivity index (χ0) is 9.68. The van der Waals surface area contributed by atoms with Gasteiger partial charge in [-0.2, -0.15) is 0 Å². The maximum atomic E-state index is 11.1. The van der Waals surface area contributed by atoms with Crippen molar-refractivity contribution in [1.82, 2.24) is 10.2 Å². The Morgan fingerprint density at radius 2 is 2.54 bits per heavy atom. The lowest BCUT2D eigenvalue weighted by Crippen LogP contribution is -2.36. The predicted molar refractivity (Wildman–Crippen MR) is 48.9 cm³/mol. The van der Waals surface area contributed by atoms with Gasteiger partial charge in [-0.15, -0.1) is 6.42 Å². The molecule has 0 unspecified atom stereocenters. The highest BCUT2D eigenvalue weighted by atomic mass is 16.3. The number of carbonyl (C=O) groups is 1. The van der Waals surface area contributed by atoms with Gasteiger partial charge in [-0.1, -0.05) is 5.92 Å². The summed E-state index contributed by atoms with van der Waals surface area (Å²) in [5, 5.41) is 11.8. The molecular formula is C9H14N2O2. The number of hydrogen-bond donors (Lipinski definition) is 2. The number of hydrogen-bond acceptors (Lipinski definition) is 3. The van der Waals surface area contributed by atoms with E-state index in [0.29, 0.717) is 13.1 Å². The van der Waals surface area contributed by atoms with Gasteiger partial charge >= 0.3 is 0 Å². The highest BCUT2D eigenvalue weighted by molar-refractivity contribution is 5.78. The first-order valence-electron chi connectivity index (χ1n) is 4.33. The molecule has 13 heavy (non-hydrogen) atoms. The lowest BCUT2D eigenvalue weighted by molar-refractivity contribution is -0.121. The largest absolute Gasteiger partial charge is 0.392 e. The lowest BCUT2D eigenvalue weighted by atomic mass is 10.3. The number of nitrogens with one attached hydrogen (secondary N) is 1. The molecule has 0 spiro atoms. The molecule has 0 aliphatic carbocycles. The van der Waals surface area contributed by atoms with Crippen LogP contribution in [0.15, 0.2) is 0 Å². The Labute approximate surface area is 77.9 Å². The minimum atomic E-state index is -0.277. The van der Waals surface area contributed by atoms with Crippen molar-refractivity contribution in [2.24, 2.45) is 0 Å². The maximum absolute atomic E-state index is 11.1. The molecule has 4 nitrogen and oxygen atoms in total. The average molecular weight is 182 g/mol. The van der Waals surface area contributed by atoms with E-state index in [1.54, 1.807) is 0 Å². The monoisotopic (exact) mass is 182 g/mol. The molecule has 0 aromatic rings. The maximum Gasteiger partial charge on any atom is 0.234 e. The van der Waals surface area contributed by atoms with E-state index in [0.717, 1.165) is 13.0 Å². The van der Waals surface area contributed by atoms with Gasteiger partial charge in [-0.3, -0.25) is 9.69 Å². The number of rotatable bonds is 3. The third-order valence-corrected chi connectivity index (χ3v) is 2.00. The molecule has 1 rings (SSSR count). The second-order valence-corrected chi connectivity index (χ2v) is 3.16. The predicted octanol–water partition coefficient (Wildman–Crippen LogP) is -1.20. The Balaban J connectivity index is 2.18. The van der Waals surface area contributed by atoms with Crippen LogP contribution < -0.4 is 5.32 Å². The van der Waals surface area contributed by atoms with E-state index >= 15 is 0 Å². The molecule has 1 fully saturated rings. The fourth-order valence-electron chi connectivity index (χ4n) is 1.36. The molecule has 1 aliphatic rings. The number of nitrogens with zero attached hydrogens (tertiary/aromatic N) is 1. The zero-order valence-electron chi connectivity index (χ0n) is 7.49. The van der Waals surface area contributed by atoms with Crippen LogP contribution in [0.2, 0.25) is 0 Å². The SMILES string of the molecule is C#CCNC(=O)CN1CC[C@@H](O)C1. The Morgan fingerprint density at radius 1 is 1.77 bits per heavy atom. The molecule has 4 heteroatoms. The fraction of sp³-hybridized carbons (Fsp3) is 0.667. The molecule has 0 saturated carbocycles. The van der Waals surface area contributed by atoms with Gasteiger partial charge in [0.2, 0.25) is 5.91 Å². The summed E-state index contributed by atoms with van der Waals surface area (Å²) in [6.07, 6.45) is 5.46. The van der Waals surface area contributed by atoms with E-state index in [9.17, 15) is 9.90 Å². The first-order valence-corrected chi connectivity index (χ1v) is 4.33. The third-order valence-electron chi connectivity index (χ3n) is 2.00. The second-order valence-electron chi connectivity index (χ2n) is 3.16. The summed E-state index contributed by atoms with van der Waals surface area (Å²) in [5.74, 6) is 2.26. The number of likely N-dealkylation sites (tertiary alicyclic amines) is 1. The van der Waals surface area contributed by atoms with Crippen LogP contribution in [-0.2, 0) is 4.79 Å². The van der Waals surface area contributed by atoms with Crippen LogP contribution in [0.25, 0.3) is 0 Å².